The first-order valence-electron chi connectivity index (χ1n) is 5.70. The van der Waals surface area contributed by atoms with E-state index < -0.39 is 11.7 Å². The van der Waals surface area contributed by atoms with Crippen molar-refractivity contribution in [3.05, 3.63) is 34.3 Å². The second kappa shape index (κ2) is 5.07. The first kappa shape index (κ1) is 13.6. The number of nitrogens with zero attached hydrogens (tertiary/aromatic N) is 1. The molecular weight excluding hydrogens is 265 g/mol. The van der Waals surface area contributed by atoms with Crippen LogP contribution >= 0.6 is 11.6 Å². The Bertz CT molecular complexity index is 434. The molecule has 1 aliphatic rings. The van der Waals surface area contributed by atoms with Crippen molar-refractivity contribution in [2.75, 3.05) is 13.1 Å². The van der Waals surface area contributed by atoms with Gasteiger partial charge in [0.15, 0.2) is 0 Å². The van der Waals surface area contributed by atoms with Gasteiger partial charge in [-0.25, -0.2) is 0 Å². The zero-order chi connectivity index (χ0) is 13.3. The Hall–Kier alpha value is -0.780. The molecule has 2 nitrogen and oxygen atoms in total. The molecular formula is C12H14ClF3N2. The van der Waals surface area contributed by atoms with Crippen LogP contribution in [0.3, 0.4) is 0 Å². The molecule has 1 atom stereocenters. The number of benzene rings is 1. The van der Waals surface area contributed by atoms with Crippen LogP contribution in [0.5, 0.6) is 0 Å². The van der Waals surface area contributed by atoms with Gasteiger partial charge in [0.1, 0.15) is 0 Å². The van der Waals surface area contributed by atoms with Gasteiger partial charge in [-0.2, -0.15) is 13.2 Å². The van der Waals surface area contributed by atoms with Crippen molar-refractivity contribution >= 4 is 11.6 Å². The molecule has 6 heteroatoms. The molecule has 0 aliphatic carbocycles. The molecule has 1 unspecified atom stereocenters. The predicted molar refractivity (Wildman–Crippen MR) is 64.3 cm³/mol. The number of halogens is 4. The summed E-state index contributed by atoms with van der Waals surface area (Å²) in [6.07, 6.45) is -3.54. The first-order valence-corrected chi connectivity index (χ1v) is 6.08. The van der Waals surface area contributed by atoms with Crippen molar-refractivity contribution in [1.82, 2.24) is 4.90 Å². The summed E-state index contributed by atoms with van der Waals surface area (Å²) in [6, 6.07) is 4.12. The highest BCUT2D eigenvalue weighted by Crippen LogP contribution is 2.36. The van der Waals surface area contributed by atoms with E-state index in [1.807, 2.05) is 4.90 Å². The van der Waals surface area contributed by atoms with Crippen LogP contribution in [0.25, 0.3) is 0 Å². The van der Waals surface area contributed by atoms with E-state index in [4.69, 9.17) is 17.3 Å². The minimum atomic E-state index is -4.41. The highest BCUT2D eigenvalue weighted by atomic mass is 35.5. The molecule has 0 aromatic heterocycles. The molecule has 0 saturated carbocycles. The molecule has 2 N–H and O–H groups in total. The van der Waals surface area contributed by atoms with Gasteiger partial charge in [0.2, 0.25) is 0 Å². The average molecular weight is 279 g/mol. The molecule has 0 radical (unpaired) electrons. The zero-order valence-electron chi connectivity index (χ0n) is 9.67. The average Bonchev–Trinajstić information content (AvgIpc) is 2.65. The number of likely N-dealkylation sites (tertiary alicyclic amines) is 1. The molecule has 1 saturated heterocycles. The van der Waals surface area contributed by atoms with E-state index in [-0.39, 0.29) is 11.1 Å². The fourth-order valence-electron chi connectivity index (χ4n) is 2.17. The monoisotopic (exact) mass is 278 g/mol. The Morgan fingerprint density at radius 2 is 2.11 bits per heavy atom. The number of hydrogen-bond donors (Lipinski definition) is 1. The SMILES string of the molecule is NC1CCN(Cc2cccc(C(F)(F)F)c2Cl)C1. The standard InChI is InChI=1S/C12H14ClF3N2/c13-11-8(6-18-5-4-9(17)7-18)2-1-3-10(11)12(14,15)16/h1-3,9H,4-7,17H2. The molecule has 0 spiro atoms. The van der Waals surface area contributed by atoms with Crippen LogP contribution in [0.15, 0.2) is 18.2 Å². The third-order valence-electron chi connectivity index (χ3n) is 3.09. The second-order valence-corrected chi connectivity index (χ2v) is 4.94. The van der Waals surface area contributed by atoms with Gasteiger partial charge < -0.3 is 5.73 Å². The summed E-state index contributed by atoms with van der Waals surface area (Å²) in [5.74, 6) is 0. The zero-order valence-corrected chi connectivity index (χ0v) is 10.4. The Morgan fingerprint density at radius 1 is 1.39 bits per heavy atom. The lowest BCUT2D eigenvalue weighted by Crippen LogP contribution is -2.26. The lowest BCUT2D eigenvalue weighted by Gasteiger charge is -2.18. The van der Waals surface area contributed by atoms with E-state index in [1.165, 1.54) is 6.07 Å². The number of nitrogens with two attached hydrogens (primary N) is 1. The molecule has 1 aromatic rings. The van der Waals surface area contributed by atoms with Gasteiger partial charge in [-0.3, -0.25) is 4.90 Å². The van der Waals surface area contributed by atoms with E-state index >= 15 is 0 Å². The Labute approximate surface area is 109 Å². The third kappa shape index (κ3) is 2.96. The first-order chi connectivity index (χ1) is 8.38. The minimum Gasteiger partial charge on any atom is -0.326 e. The molecule has 1 heterocycles. The molecule has 0 amide bonds. The molecule has 1 fully saturated rings. The normalized spacial score (nSPS) is 21.5. The largest absolute Gasteiger partial charge is 0.417 e. The third-order valence-corrected chi connectivity index (χ3v) is 3.53. The maximum absolute atomic E-state index is 12.7. The van der Waals surface area contributed by atoms with Gasteiger partial charge in [-0.15, -0.1) is 0 Å². The molecule has 0 bridgehead atoms. The lowest BCUT2D eigenvalue weighted by atomic mass is 10.1. The predicted octanol–water partition coefficient (Wildman–Crippen LogP) is 2.89. The molecule has 1 aliphatic heterocycles. The summed E-state index contributed by atoms with van der Waals surface area (Å²) < 4.78 is 38.1. The molecule has 1 aromatic carbocycles. The maximum Gasteiger partial charge on any atom is 0.417 e. The van der Waals surface area contributed by atoms with Crippen molar-refractivity contribution in [2.45, 2.75) is 25.2 Å². The Kier molecular flexibility index (Phi) is 3.84. The Balaban J connectivity index is 2.19. The summed E-state index contributed by atoms with van der Waals surface area (Å²) in [5, 5.41) is -0.203. The smallest absolute Gasteiger partial charge is 0.326 e. The van der Waals surface area contributed by atoms with Crippen LogP contribution in [-0.2, 0) is 12.7 Å². The van der Waals surface area contributed by atoms with Crippen LogP contribution in [-0.4, -0.2) is 24.0 Å². The van der Waals surface area contributed by atoms with E-state index in [0.717, 1.165) is 19.0 Å². The van der Waals surface area contributed by atoms with Crippen molar-refractivity contribution in [1.29, 1.82) is 0 Å². The van der Waals surface area contributed by atoms with Crippen LogP contribution in [0, 0.1) is 0 Å². The molecule has 100 valence electrons. The fourth-order valence-corrected chi connectivity index (χ4v) is 2.46. The van der Waals surface area contributed by atoms with Crippen molar-refractivity contribution in [2.24, 2.45) is 5.73 Å². The summed E-state index contributed by atoms with van der Waals surface area (Å²) in [6.45, 7) is 1.91. The van der Waals surface area contributed by atoms with Gasteiger partial charge in [0.05, 0.1) is 10.6 Å². The second-order valence-electron chi connectivity index (χ2n) is 4.56. The van der Waals surface area contributed by atoms with Crippen molar-refractivity contribution in [3.8, 4) is 0 Å². The highest BCUT2D eigenvalue weighted by molar-refractivity contribution is 6.32. The van der Waals surface area contributed by atoms with Gasteiger partial charge in [-0.05, 0) is 18.1 Å². The van der Waals surface area contributed by atoms with Crippen LogP contribution < -0.4 is 5.73 Å². The van der Waals surface area contributed by atoms with E-state index in [1.54, 1.807) is 6.07 Å². The maximum atomic E-state index is 12.7. The summed E-state index contributed by atoms with van der Waals surface area (Å²) in [7, 11) is 0. The summed E-state index contributed by atoms with van der Waals surface area (Å²) >= 11 is 5.83. The van der Waals surface area contributed by atoms with Gasteiger partial charge >= 0.3 is 6.18 Å². The van der Waals surface area contributed by atoms with Crippen molar-refractivity contribution < 1.29 is 13.2 Å². The number of hydrogen-bond acceptors (Lipinski definition) is 2. The minimum absolute atomic E-state index is 0.106. The van der Waals surface area contributed by atoms with Gasteiger partial charge in [0.25, 0.3) is 0 Å². The van der Waals surface area contributed by atoms with Crippen molar-refractivity contribution in [3.63, 3.8) is 0 Å². The summed E-state index contributed by atoms with van der Waals surface area (Å²) in [5.41, 5.74) is 5.49. The van der Waals surface area contributed by atoms with Crippen LogP contribution in [0.2, 0.25) is 5.02 Å². The van der Waals surface area contributed by atoms with E-state index in [2.05, 4.69) is 0 Å². The highest BCUT2D eigenvalue weighted by Gasteiger charge is 2.34. The number of rotatable bonds is 2. The molecule has 18 heavy (non-hydrogen) atoms. The van der Waals surface area contributed by atoms with Crippen LogP contribution in [0.4, 0.5) is 13.2 Å². The fraction of sp³-hybridized carbons (Fsp3) is 0.500. The topological polar surface area (TPSA) is 29.3 Å². The van der Waals surface area contributed by atoms with Gasteiger partial charge in [0, 0.05) is 25.7 Å². The Morgan fingerprint density at radius 3 is 2.67 bits per heavy atom. The summed E-state index contributed by atoms with van der Waals surface area (Å²) in [4.78, 5) is 2.02. The van der Waals surface area contributed by atoms with E-state index in [0.29, 0.717) is 18.7 Å². The lowest BCUT2D eigenvalue weighted by molar-refractivity contribution is -0.137. The van der Waals surface area contributed by atoms with Crippen LogP contribution in [0.1, 0.15) is 17.5 Å². The van der Waals surface area contributed by atoms with Gasteiger partial charge in [-0.1, -0.05) is 23.7 Å². The molecule has 2 rings (SSSR count). The number of alkyl halides is 3. The quantitative estimate of drug-likeness (QED) is 0.901. The van der Waals surface area contributed by atoms with E-state index in [9.17, 15) is 13.2 Å².